The largest absolute Gasteiger partial charge is 0.490 e. The molecule has 0 saturated carbocycles. The van der Waals surface area contributed by atoms with E-state index < -0.39 is 0 Å². The Hall–Kier alpha value is -1.50. The molecule has 2 amide bonds. The lowest BCUT2D eigenvalue weighted by atomic mass is 10.3. The van der Waals surface area contributed by atoms with E-state index in [4.69, 9.17) is 26.2 Å². The van der Waals surface area contributed by atoms with E-state index >= 15 is 0 Å². The third-order valence-electron chi connectivity index (χ3n) is 2.51. The van der Waals surface area contributed by atoms with Crippen LogP contribution in [0.3, 0.4) is 0 Å². The van der Waals surface area contributed by atoms with E-state index in [0.717, 1.165) is 0 Å². The molecule has 0 saturated heterocycles. The first-order chi connectivity index (χ1) is 9.58. The molecule has 0 fully saturated rings. The molecule has 0 aliphatic rings. The smallest absolute Gasteiger partial charge is 0.321 e. The van der Waals surface area contributed by atoms with E-state index in [2.05, 4.69) is 5.32 Å². The number of likely N-dealkylation sites (N-methyl/N-ethyl adjacent to an activating group) is 1. The number of benzene rings is 1. The quantitative estimate of drug-likeness (QED) is 0.754. The molecule has 0 aromatic heterocycles. The van der Waals surface area contributed by atoms with Crippen molar-refractivity contribution in [2.45, 2.75) is 0 Å². The fourth-order valence-corrected chi connectivity index (χ4v) is 1.64. The van der Waals surface area contributed by atoms with Crippen molar-refractivity contribution in [2.75, 3.05) is 45.8 Å². The number of amides is 2. The highest BCUT2D eigenvalue weighted by molar-refractivity contribution is 6.32. The molecule has 1 aromatic rings. The topological polar surface area (TPSA) is 71.0 Å². The minimum absolute atomic E-state index is 0.0864. The average molecular weight is 303 g/mol. The highest BCUT2D eigenvalue weighted by Crippen LogP contribution is 2.27. The maximum Gasteiger partial charge on any atom is 0.321 e. The molecule has 0 atom stereocenters. The Morgan fingerprint density at radius 3 is 2.80 bits per heavy atom. The normalized spacial score (nSPS) is 10.2. The molecule has 7 heteroatoms. The second kappa shape index (κ2) is 8.63. The Kier molecular flexibility index (Phi) is 7.14. The molecule has 0 aliphatic heterocycles. The van der Waals surface area contributed by atoms with Gasteiger partial charge in [-0.2, -0.15) is 0 Å². The van der Waals surface area contributed by atoms with E-state index in [0.29, 0.717) is 29.7 Å². The Morgan fingerprint density at radius 2 is 2.20 bits per heavy atom. The molecular formula is C13H19ClN2O4. The molecule has 20 heavy (non-hydrogen) atoms. The summed E-state index contributed by atoms with van der Waals surface area (Å²) < 4.78 is 10.3. The lowest BCUT2D eigenvalue weighted by Crippen LogP contribution is -2.33. The molecule has 1 rings (SSSR count). The van der Waals surface area contributed by atoms with Crippen LogP contribution in [0, 0.1) is 0 Å². The van der Waals surface area contributed by atoms with Gasteiger partial charge in [0.2, 0.25) is 0 Å². The molecule has 0 heterocycles. The number of aliphatic hydroxyl groups excluding tert-OH is 1. The summed E-state index contributed by atoms with van der Waals surface area (Å²) in [4.78, 5) is 13.1. The monoisotopic (exact) mass is 302 g/mol. The number of ether oxygens (including phenoxy) is 2. The molecule has 0 spiro atoms. The zero-order valence-electron chi connectivity index (χ0n) is 11.6. The third kappa shape index (κ3) is 5.24. The van der Waals surface area contributed by atoms with Gasteiger partial charge in [-0.05, 0) is 18.2 Å². The molecule has 0 aliphatic carbocycles. The predicted octanol–water partition coefficient (Wildman–Crippen LogP) is 1.82. The first-order valence-corrected chi connectivity index (χ1v) is 6.50. The number of nitrogens with zero attached hydrogens (tertiary/aromatic N) is 1. The van der Waals surface area contributed by atoms with Crippen LogP contribution in [0.25, 0.3) is 0 Å². The fraction of sp³-hybridized carbons (Fsp3) is 0.462. The number of urea groups is 1. The lowest BCUT2D eigenvalue weighted by molar-refractivity contribution is 0.146. The number of halogens is 1. The summed E-state index contributed by atoms with van der Waals surface area (Å²) >= 11 is 6.06. The Morgan fingerprint density at radius 1 is 1.45 bits per heavy atom. The molecule has 0 radical (unpaired) electrons. The number of nitrogens with one attached hydrogen (secondary N) is 1. The van der Waals surface area contributed by atoms with Crippen LogP contribution in [0.15, 0.2) is 18.2 Å². The number of carbonyl (C=O) groups excluding carboxylic acids is 1. The number of hydrogen-bond donors (Lipinski definition) is 2. The van der Waals surface area contributed by atoms with Crippen LogP contribution >= 0.6 is 11.6 Å². The molecule has 2 N–H and O–H groups in total. The van der Waals surface area contributed by atoms with Gasteiger partial charge >= 0.3 is 6.03 Å². The number of aliphatic hydroxyl groups is 1. The lowest BCUT2D eigenvalue weighted by Gasteiger charge is -2.17. The first kappa shape index (κ1) is 16.6. The fourth-order valence-electron chi connectivity index (χ4n) is 1.40. The van der Waals surface area contributed by atoms with Gasteiger partial charge in [0.25, 0.3) is 0 Å². The van der Waals surface area contributed by atoms with Crippen LogP contribution in [-0.2, 0) is 4.74 Å². The molecule has 0 unspecified atom stereocenters. The van der Waals surface area contributed by atoms with Gasteiger partial charge in [-0.15, -0.1) is 0 Å². The minimum Gasteiger partial charge on any atom is -0.490 e. The molecule has 1 aromatic carbocycles. The second-order valence-electron chi connectivity index (χ2n) is 4.06. The highest BCUT2D eigenvalue weighted by Gasteiger charge is 2.09. The van der Waals surface area contributed by atoms with Gasteiger partial charge in [-0.3, -0.25) is 0 Å². The number of rotatable bonds is 7. The van der Waals surface area contributed by atoms with Gasteiger partial charge in [-0.25, -0.2) is 4.79 Å². The van der Waals surface area contributed by atoms with Gasteiger partial charge in [-0.1, -0.05) is 11.6 Å². The van der Waals surface area contributed by atoms with Crippen LogP contribution in [0.1, 0.15) is 0 Å². The van der Waals surface area contributed by atoms with E-state index in [-0.39, 0.29) is 19.2 Å². The maximum atomic E-state index is 11.7. The van der Waals surface area contributed by atoms with Crippen LogP contribution in [-0.4, -0.2) is 56.6 Å². The Labute approximate surface area is 123 Å². The zero-order chi connectivity index (χ0) is 15.0. The van der Waals surface area contributed by atoms with Crippen molar-refractivity contribution in [3.63, 3.8) is 0 Å². The number of methoxy groups -OCH3 is 1. The van der Waals surface area contributed by atoms with Crippen molar-refractivity contribution < 1.29 is 19.4 Å². The number of anilines is 1. The SMILES string of the molecule is COCCOc1ccc(NC(=O)N(C)CCO)cc1Cl. The van der Waals surface area contributed by atoms with Crippen molar-refractivity contribution >= 4 is 23.3 Å². The van der Waals surface area contributed by atoms with E-state index in [1.54, 1.807) is 32.4 Å². The van der Waals surface area contributed by atoms with Gasteiger partial charge in [0.05, 0.1) is 18.2 Å². The van der Waals surface area contributed by atoms with Crippen LogP contribution in [0.5, 0.6) is 5.75 Å². The summed E-state index contributed by atoms with van der Waals surface area (Å²) in [6.07, 6.45) is 0. The summed E-state index contributed by atoms with van der Waals surface area (Å²) in [5.41, 5.74) is 0.559. The summed E-state index contributed by atoms with van der Waals surface area (Å²) in [6.45, 7) is 1.05. The summed E-state index contributed by atoms with van der Waals surface area (Å²) in [5.74, 6) is 0.533. The van der Waals surface area contributed by atoms with Gasteiger partial charge < -0.3 is 24.8 Å². The van der Waals surface area contributed by atoms with Crippen molar-refractivity contribution in [3.05, 3.63) is 23.2 Å². The summed E-state index contributed by atoms with van der Waals surface area (Å²) in [7, 11) is 3.18. The van der Waals surface area contributed by atoms with Crippen molar-refractivity contribution in [1.82, 2.24) is 4.90 Å². The molecule has 112 valence electrons. The Bertz CT molecular complexity index is 442. The maximum absolute atomic E-state index is 11.7. The first-order valence-electron chi connectivity index (χ1n) is 6.12. The molecule has 6 nitrogen and oxygen atoms in total. The van der Waals surface area contributed by atoms with Crippen LogP contribution in [0.2, 0.25) is 5.02 Å². The average Bonchev–Trinajstić information content (AvgIpc) is 2.41. The Balaban J connectivity index is 2.60. The van der Waals surface area contributed by atoms with Crippen LogP contribution in [0.4, 0.5) is 10.5 Å². The van der Waals surface area contributed by atoms with Crippen molar-refractivity contribution in [2.24, 2.45) is 0 Å². The van der Waals surface area contributed by atoms with E-state index in [1.807, 2.05) is 0 Å². The van der Waals surface area contributed by atoms with Crippen molar-refractivity contribution in [1.29, 1.82) is 0 Å². The minimum atomic E-state index is -0.317. The molecular weight excluding hydrogens is 284 g/mol. The third-order valence-corrected chi connectivity index (χ3v) is 2.81. The van der Waals surface area contributed by atoms with E-state index in [9.17, 15) is 4.79 Å². The summed E-state index contributed by atoms with van der Waals surface area (Å²) in [6, 6.07) is 4.66. The van der Waals surface area contributed by atoms with Gasteiger partial charge in [0.1, 0.15) is 12.4 Å². The molecule has 0 bridgehead atoms. The number of hydrogen-bond acceptors (Lipinski definition) is 4. The number of carbonyl (C=O) groups is 1. The van der Waals surface area contributed by atoms with Gasteiger partial charge in [0.15, 0.2) is 0 Å². The van der Waals surface area contributed by atoms with Crippen molar-refractivity contribution in [3.8, 4) is 5.75 Å². The summed E-state index contributed by atoms with van der Waals surface area (Å²) in [5, 5.41) is 11.8. The second-order valence-corrected chi connectivity index (χ2v) is 4.47. The van der Waals surface area contributed by atoms with Gasteiger partial charge in [0, 0.05) is 26.4 Å². The predicted molar refractivity (Wildman–Crippen MR) is 77.6 cm³/mol. The van der Waals surface area contributed by atoms with Crippen LogP contribution < -0.4 is 10.1 Å². The zero-order valence-corrected chi connectivity index (χ0v) is 12.3. The highest BCUT2D eigenvalue weighted by atomic mass is 35.5. The standard InChI is InChI=1S/C13H19ClN2O4/c1-16(5-6-17)13(18)15-10-3-4-12(11(14)9-10)20-8-7-19-2/h3-4,9,17H,5-8H2,1-2H3,(H,15,18). The van der Waals surface area contributed by atoms with E-state index in [1.165, 1.54) is 4.90 Å².